The average molecular weight is 207 g/mol. The van der Waals surface area contributed by atoms with Gasteiger partial charge in [0.2, 0.25) is 5.91 Å². The van der Waals surface area contributed by atoms with E-state index in [4.69, 9.17) is 10.5 Å². The van der Waals surface area contributed by atoms with E-state index in [0.29, 0.717) is 12.5 Å². The van der Waals surface area contributed by atoms with Crippen molar-refractivity contribution in [1.29, 1.82) is 0 Å². The van der Waals surface area contributed by atoms with Gasteiger partial charge < -0.3 is 10.5 Å². The van der Waals surface area contributed by atoms with Crippen LogP contribution in [0.5, 0.6) is 5.75 Å². The van der Waals surface area contributed by atoms with E-state index in [1.54, 1.807) is 0 Å². The normalized spacial score (nSPS) is 10.3. The van der Waals surface area contributed by atoms with Gasteiger partial charge in [0.05, 0.1) is 13.0 Å². The lowest BCUT2D eigenvalue weighted by atomic mass is 10.1. The summed E-state index contributed by atoms with van der Waals surface area (Å²) in [4.78, 5) is 10.7. The minimum absolute atomic E-state index is 0.282. The zero-order valence-corrected chi connectivity index (χ0v) is 9.19. The molecule has 0 saturated heterocycles. The molecule has 2 N–H and O–H groups in total. The number of carbonyl (C=O) groups is 1. The van der Waals surface area contributed by atoms with Gasteiger partial charge in [0.1, 0.15) is 5.75 Å². The number of benzene rings is 1. The van der Waals surface area contributed by atoms with Crippen LogP contribution in [0.1, 0.15) is 19.4 Å². The molecule has 0 unspecified atom stereocenters. The van der Waals surface area contributed by atoms with Gasteiger partial charge in [-0.1, -0.05) is 26.0 Å². The maximum absolute atomic E-state index is 10.7. The highest BCUT2D eigenvalue weighted by molar-refractivity contribution is 5.76. The van der Waals surface area contributed by atoms with Crippen LogP contribution in [0.2, 0.25) is 0 Å². The van der Waals surface area contributed by atoms with E-state index in [0.717, 1.165) is 11.3 Å². The zero-order chi connectivity index (χ0) is 11.3. The molecule has 3 nitrogen and oxygen atoms in total. The number of hydrogen-bond acceptors (Lipinski definition) is 2. The van der Waals surface area contributed by atoms with Crippen LogP contribution >= 0.6 is 0 Å². The summed E-state index contributed by atoms with van der Waals surface area (Å²) in [6, 6.07) is 7.45. The van der Waals surface area contributed by atoms with Gasteiger partial charge in [-0.2, -0.15) is 0 Å². The van der Waals surface area contributed by atoms with Gasteiger partial charge in [0.25, 0.3) is 0 Å². The van der Waals surface area contributed by atoms with Crippen molar-refractivity contribution in [2.75, 3.05) is 6.61 Å². The van der Waals surface area contributed by atoms with E-state index in [1.165, 1.54) is 0 Å². The molecule has 0 atom stereocenters. The Labute approximate surface area is 90.2 Å². The molecule has 1 amide bonds. The molecule has 0 aliphatic heterocycles. The third kappa shape index (κ3) is 4.49. The van der Waals surface area contributed by atoms with Crippen LogP contribution in [0.25, 0.3) is 0 Å². The van der Waals surface area contributed by atoms with Gasteiger partial charge >= 0.3 is 0 Å². The van der Waals surface area contributed by atoms with Crippen molar-refractivity contribution in [1.82, 2.24) is 0 Å². The lowest BCUT2D eigenvalue weighted by Crippen LogP contribution is -2.13. The predicted molar refractivity (Wildman–Crippen MR) is 59.7 cm³/mol. The minimum Gasteiger partial charge on any atom is -0.493 e. The SMILES string of the molecule is CC(C)COc1ccc(CC(N)=O)cc1. The lowest BCUT2D eigenvalue weighted by molar-refractivity contribution is -0.117. The first-order chi connectivity index (χ1) is 7.08. The van der Waals surface area contributed by atoms with Gasteiger partial charge in [-0.05, 0) is 23.6 Å². The smallest absolute Gasteiger partial charge is 0.221 e. The predicted octanol–water partition coefficient (Wildman–Crippen LogP) is 1.75. The Morgan fingerprint density at radius 3 is 2.40 bits per heavy atom. The Bertz CT molecular complexity index is 317. The largest absolute Gasteiger partial charge is 0.493 e. The highest BCUT2D eigenvalue weighted by atomic mass is 16.5. The topological polar surface area (TPSA) is 52.3 Å². The first-order valence-electron chi connectivity index (χ1n) is 5.08. The average Bonchev–Trinajstić information content (AvgIpc) is 2.16. The molecule has 3 heteroatoms. The van der Waals surface area contributed by atoms with Gasteiger partial charge in [-0.25, -0.2) is 0 Å². The second-order valence-corrected chi connectivity index (χ2v) is 3.99. The van der Waals surface area contributed by atoms with Crippen molar-refractivity contribution < 1.29 is 9.53 Å². The van der Waals surface area contributed by atoms with Crippen molar-refractivity contribution in [3.8, 4) is 5.75 Å². The quantitative estimate of drug-likeness (QED) is 0.799. The molecule has 0 saturated carbocycles. The Hall–Kier alpha value is -1.51. The fourth-order valence-corrected chi connectivity index (χ4v) is 1.17. The molecule has 0 radical (unpaired) electrons. The molecule has 1 aromatic rings. The third-order valence-corrected chi connectivity index (χ3v) is 1.89. The molecule has 0 spiro atoms. The molecule has 15 heavy (non-hydrogen) atoms. The lowest BCUT2D eigenvalue weighted by Gasteiger charge is -2.08. The minimum atomic E-state index is -0.314. The van der Waals surface area contributed by atoms with Crippen molar-refractivity contribution >= 4 is 5.91 Å². The Morgan fingerprint density at radius 2 is 1.93 bits per heavy atom. The van der Waals surface area contributed by atoms with Crippen molar-refractivity contribution in [2.45, 2.75) is 20.3 Å². The molecule has 1 rings (SSSR count). The van der Waals surface area contributed by atoms with Crippen molar-refractivity contribution in [2.24, 2.45) is 11.7 Å². The van der Waals surface area contributed by atoms with E-state index in [9.17, 15) is 4.79 Å². The fraction of sp³-hybridized carbons (Fsp3) is 0.417. The molecule has 1 aromatic carbocycles. The Morgan fingerprint density at radius 1 is 1.33 bits per heavy atom. The molecular weight excluding hydrogens is 190 g/mol. The second-order valence-electron chi connectivity index (χ2n) is 3.99. The summed E-state index contributed by atoms with van der Waals surface area (Å²) in [5.41, 5.74) is 6.01. The third-order valence-electron chi connectivity index (χ3n) is 1.89. The summed E-state index contributed by atoms with van der Waals surface area (Å²) in [5, 5.41) is 0. The van der Waals surface area contributed by atoms with Crippen LogP contribution in [0.15, 0.2) is 24.3 Å². The Balaban J connectivity index is 2.52. The number of rotatable bonds is 5. The summed E-state index contributed by atoms with van der Waals surface area (Å²) in [7, 11) is 0. The summed E-state index contributed by atoms with van der Waals surface area (Å²) in [6.45, 7) is 4.90. The van der Waals surface area contributed by atoms with E-state index in [2.05, 4.69) is 13.8 Å². The summed E-state index contributed by atoms with van der Waals surface area (Å²) in [6.07, 6.45) is 0.282. The monoisotopic (exact) mass is 207 g/mol. The van der Waals surface area contributed by atoms with E-state index < -0.39 is 0 Å². The van der Waals surface area contributed by atoms with Crippen molar-refractivity contribution in [3.63, 3.8) is 0 Å². The molecular formula is C12H17NO2. The summed E-state index contributed by atoms with van der Waals surface area (Å²) >= 11 is 0. The summed E-state index contributed by atoms with van der Waals surface area (Å²) in [5.74, 6) is 1.03. The standard InChI is InChI=1S/C12H17NO2/c1-9(2)8-15-11-5-3-10(4-6-11)7-12(13)14/h3-6,9H,7-8H2,1-2H3,(H2,13,14). The Kier molecular flexibility index (Phi) is 4.16. The van der Waals surface area contributed by atoms with E-state index >= 15 is 0 Å². The van der Waals surface area contributed by atoms with Crippen LogP contribution in [0, 0.1) is 5.92 Å². The summed E-state index contributed by atoms with van der Waals surface area (Å²) < 4.78 is 5.51. The van der Waals surface area contributed by atoms with Crippen molar-refractivity contribution in [3.05, 3.63) is 29.8 Å². The number of ether oxygens (including phenoxy) is 1. The maximum atomic E-state index is 10.7. The van der Waals surface area contributed by atoms with Crippen LogP contribution in [-0.4, -0.2) is 12.5 Å². The van der Waals surface area contributed by atoms with Gasteiger partial charge in [-0.3, -0.25) is 4.79 Å². The molecule has 0 aromatic heterocycles. The highest BCUT2D eigenvalue weighted by Gasteiger charge is 2.00. The molecule has 0 fully saturated rings. The molecule has 0 aliphatic rings. The van der Waals surface area contributed by atoms with E-state index in [1.807, 2.05) is 24.3 Å². The van der Waals surface area contributed by atoms with Crippen LogP contribution in [-0.2, 0) is 11.2 Å². The number of carbonyl (C=O) groups excluding carboxylic acids is 1. The number of amides is 1. The first-order valence-corrected chi connectivity index (χ1v) is 5.08. The molecule has 0 aliphatic carbocycles. The molecule has 0 heterocycles. The second kappa shape index (κ2) is 5.39. The molecule has 82 valence electrons. The zero-order valence-electron chi connectivity index (χ0n) is 9.19. The van der Waals surface area contributed by atoms with Gasteiger partial charge in [-0.15, -0.1) is 0 Å². The first kappa shape index (κ1) is 11.6. The number of nitrogens with two attached hydrogens (primary N) is 1. The van der Waals surface area contributed by atoms with Crippen LogP contribution in [0.3, 0.4) is 0 Å². The number of primary amides is 1. The fourth-order valence-electron chi connectivity index (χ4n) is 1.17. The van der Waals surface area contributed by atoms with Crippen LogP contribution in [0.4, 0.5) is 0 Å². The molecule has 0 bridgehead atoms. The maximum Gasteiger partial charge on any atom is 0.221 e. The highest BCUT2D eigenvalue weighted by Crippen LogP contribution is 2.13. The number of hydrogen-bond donors (Lipinski definition) is 1. The van der Waals surface area contributed by atoms with Gasteiger partial charge in [0.15, 0.2) is 0 Å². The van der Waals surface area contributed by atoms with Gasteiger partial charge in [0, 0.05) is 0 Å². The van der Waals surface area contributed by atoms with E-state index in [-0.39, 0.29) is 12.3 Å². The van der Waals surface area contributed by atoms with Crippen LogP contribution < -0.4 is 10.5 Å².